The Balaban J connectivity index is 3.31. The third kappa shape index (κ3) is 2.66. The molecule has 0 heterocycles. The molecule has 0 radical (unpaired) electrons. The largest absolute Gasteiger partial charge is 0.426 e. The van der Waals surface area contributed by atoms with E-state index in [2.05, 4.69) is 4.74 Å². The molecule has 0 aliphatic rings. The van der Waals surface area contributed by atoms with Crippen molar-refractivity contribution in [3.8, 4) is 5.75 Å². The van der Waals surface area contributed by atoms with Crippen molar-refractivity contribution in [3.63, 3.8) is 0 Å². The number of rotatable bonds is 3. The first-order valence-corrected chi connectivity index (χ1v) is 4.26. The predicted molar refractivity (Wildman–Crippen MR) is 49.7 cm³/mol. The number of hydrogen-bond donors (Lipinski definition) is 0. The van der Waals surface area contributed by atoms with Gasteiger partial charge < -0.3 is 4.74 Å². The fraction of sp³-hybridized carbons (Fsp3) is 0.143. The first-order chi connectivity index (χ1) is 6.93. The van der Waals surface area contributed by atoms with Crippen molar-refractivity contribution in [2.75, 3.05) is 0 Å². The molecular weight excluding hydrogens is 255 g/mol. The van der Waals surface area contributed by atoms with Crippen LogP contribution in [0, 0.1) is 10.1 Å². The van der Waals surface area contributed by atoms with E-state index in [0.29, 0.717) is 0 Å². The lowest BCUT2D eigenvalue weighted by Gasteiger charge is -2.07. The van der Waals surface area contributed by atoms with Gasteiger partial charge in [0.05, 0.1) is 9.95 Å². The van der Waals surface area contributed by atoms with E-state index in [1.54, 1.807) is 0 Å². The van der Waals surface area contributed by atoms with Gasteiger partial charge in [-0.1, -0.05) is 23.2 Å². The molecular formula is C7H3Cl2F2NO3. The van der Waals surface area contributed by atoms with E-state index >= 15 is 0 Å². The summed E-state index contributed by atoms with van der Waals surface area (Å²) in [5.41, 5.74) is -0.774. The molecule has 4 nitrogen and oxygen atoms in total. The molecule has 0 aliphatic heterocycles. The number of halogens is 4. The van der Waals surface area contributed by atoms with Gasteiger partial charge in [0, 0.05) is 0 Å². The Morgan fingerprint density at radius 3 is 2.33 bits per heavy atom. The second-order valence-corrected chi connectivity index (χ2v) is 3.16. The summed E-state index contributed by atoms with van der Waals surface area (Å²) in [6, 6.07) is 2.26. The molecule has 0 atom stereocenters. The Labute approximate surface area is 92.5 Å². The number of nitro groups is 1. The lowest BCUT2D eigenvalue weighted by atomic mass is 10.3. The van der Waals surface area contributed by atoms with E-state index in [1.165, 1.54) is 0 Å². The molecule has 0 saturated carbocycles. The highest BCUT2D eigenvalue weighted by molar-refractivity contribution is 6.36. The van der Waals surface area contributed by atoms with E-state index in [9.17, 15) is 18.9 Å². The van der Waals surface area contributed by atoms with Gasteiger partial charge in [-0.15, -0.1) is 0 Å². The Hall–Kier alpha value is -1.14. The molecule has 8 heteroatoms. The summed E-state index contributed by atoms with van der Waals surface area (Å²) >= 11 is 10.9. The molecule has 1 aromatic rings. The normalized spacial score (nSPS) is 10.5. The third-order valence-corrected chi connectivity index (χ3v) is 2.03. The van der Waals surface area contributed by atoms with Gasteiger partial charge in [0.15, 0.2) is 0 Å². The molecule has 15 heavy (non-hydrogen) atoms. The lowest BCUT2D eigenvalue weighted by molar-refractivity contribution is -0.386. The molecule has 0 spiro atoms. The van der Waals surface area contributed by atoms with Crippen molar-refractivity contribution in [2.45, 2.75) is 6.61 Å². The fourth-order valence-corrected chi connectivity index (χ4v) is 1.31. The van der Waals surface area contributed by atoms with Gasteiger partial charge in [-0.2, -0.15) is 8.78 Å². The average Bonchev–Trinajstić information content (AvgIpc) is 2.10. The van der Waals surface area contributed by atoms with Crippen LogP contribution in [0.3, 0.4) is 0 Å². The highest BCUT2D eigenvalue weighted by atomic mass is 35.5. The van der Waals surface area contributed by atoms with Gasteiger partial charge in [0.1, 0.15) is 5.02 Å². The molecule has 0 bridgehead atoms. The maximum absolute atomic E-state index is 11.9. The van der Waals surface area contributed by atoms with Crippen LogP contribution in [0.4, 0.5) is 14.5 Å². The number of hydrogen-bond acceptors (Lipinski definition) is 3. The van der Waals surface area contributed by atoms with Gasteiger partial charge in [-0.25, -0.2) is 0 Å². The Morgan fingerprint density at radius 1 is 1.33 bits per heavy atom. The van der Waals surface area contributed by atoms with E-state index < -0.39 is 23.0 Å². The summed E-state index contributed by atoms with van der Waals surface area (Å²) in [6.07, 6.45) is 0. The van der Waals surface area contributed by atoms with Crippen LogP contribution in [0.1, 0.15) is 0 Å². The zero-order valence-electron chi connectivity index (χ0n) is 6.92. The highest BCUT2D eigenvalue weighted by Crippen LogP contribution is 2.40. The van der Waals surface area contributed by atoms with Crippen molar-refractivity contribution >= 4 is 28.9 Å². The van der Waals surface area contributed by atoms with Crippen molar-refractivity contribution in [2.24, 2.45) is 0 Å². The smallest absolute Gasteiger partial charge is 0.387 e. The number of alkyl halides is 2. The molecule has 0 fully saturated rings. The van der Waals surface area contributed by atoms with Crippen molar-refractivity contribution in [1.82, 2.24) is 0 Å². The van der Waals surface area contributed by atoms with Crippen LogP contribution in [0.15, 0.2) is 12.1 Å². The fourth-order valence-electron chi connectivity index (χ4n) is 0.894. The summed E-state index contributed by atoms with van der Waals surface area (Å²) < 4.78 is 27.8. The highest BCUT2D eigenvalue weighted by Gasteiger charge is 2.25. The molecule has 0 amide bonds. The van der Waals surface area contributed by atoms with E-state index in [1.807, 2.05) is 0 Å². The van der Waals surface area contributed by atoms with Gasteiger partial charge in [-0.3, -0.25) is 10.1 Å². The minimum Gasteiger partial charge on any atom is -0.426 e. The molecule has 1 aromatic carbocycles. The maximum Gasteiger partial charge on any atom is 0.387 e. The third-order valence-electron chi connectivity index (χ3n) is 1.42. The lowest BCUT2D eigenvalue weighted by Crippen LogP contribution is -2.05. The summed E-state index contributed by atoms with van der Waals surface area (Å²) in [6.45, 7) is -3.21. The molecule has 0 saturated heterocycles. The van der Waals surface area contributed by atoms with Gasteiger partial charge in [-0.05, 0) is 12.1 Å². The molecule has 0 unspecified atom stereocenters. The van der Waals surface area contributed by atoms with Crippen molar-refractivity contribution in [3.05, 3.63) is 32.3 Å². The van der Waals surface area contributed by atoms with Crippen LogP contribution in [0.2, 0.25) is 10.0 Å². The summed E-state index contributed by atoms with van der Waals surface area (Å²) in [5.74, 6) is -0.732. The quantitative estimate of drug-likeness (QED) is 0.615. The minimum atomic E-state index is -3.21. The average molecular weight is 258 g/mol. The first kappa shape index (κ1) is 11.9. The predicted octanol–water partition coefficient (Wildman–Crippen LogP) is 3.50. The molecule has 0 N–H and O–H groups in total. The number of nitro benzene ring substituents is 1. The standard InChI is InChI=1S/C7H3Cl2F2NO3/c8-3-1-2-4(9)6(15-7(10)11)5(3)12(13)14/h1-2,7H. The van der Waals surface area contributed by atoms with Gasteiger partial charge in [0.25, 0.3) is 0 Å². The second kappa shape index (κ2) is 4.59. The van der Waals surface area contributed by atoms with Gasteiger partial charge in [0.2, 0.25) is 5.75 Å². The Morgan fingerprint density at radius 2 is 1.87 bits per heavy atom. The van der Waals surface area contributed by atoms with E-state index in [4.69, 9.17) is 23.2 Å². The van der Waals surface area contributed by atoms with Crippen LogP contribution in [0.5, 0.6) is 5.75 Å². The van der Waals surface area contributed by atoms with Crippen molar-refractivity contribution < 1.29 is 18.4 Å². The number of ether oxygens (including phenoxy) is 1. The summed E-state index contributed by atoms with van der Waals surface area (Å²) in [7, 11) is 0. The zero-order chi connectivity index (χ0) is 11.6. The Bertz CT molecular complexity index is 400. The van der Waals surface area contributed by atoms with E-state index in [-0.39, 0.29) is 10.0 Å². The van der Waals surface area contributed by atoms with E-state index in [0.717, 1.165) is 12.1 Å². The van der Waals surface area contributed by atoms with Crippen molar-refractivity contribution in [1.29, 1.82) is 0 Å². The second-order valence-electron chi connectivity index (χ2n) is 2.34. The van der Waals surface area contributed by atoms with Crippen LogP contribution in [-0.4, -0.2) is 11.5 Å². The molecule has 82 valence electrons. The topological polar surface area (TPSA) is 52.4 Å². The van der Waals surface area contributed by atoms with Crippen LogP contribution >= 0.6 is 23.2 Å². The zero-order valence-corrected chi connectivity index (χ0v) is 8.43. The molecule has 1 rings (SSSR count). The SMILES string of the molecule is O=[N+]([O-])c1c(Cl)ccc(Cl)c1OC(F)F. The van der Waals surface area contributed by atoms with Crippen LogP contribution in [0.25, 0.3) is 0 Å². The maximum atomic E-state index is 11.9. The monoisotopic (exact) mass is 257 g/mol. The Kier molecular flexibility index (Phi) is 3.65. The van der Waals surface area contributed by atoms with Crippen LogP contribution < -0.4 is 4.74 Å². The van der Waals surface area contributed by atoms with Crippen LogP contribution in [-0.2, 0) is 0 Å². The number of nitrogens with zero attached hydrogens (tertiary/aromatic N) is 1. The minimum absolute atomic E-state index is 0.300. The van der Waals surface area contributed by atoms with Gasteiger partial charge >= 0.3 is 12.3 Å². The summed E-state index contributed by atoms with van der Waals surface area (Å²) in [4.78, 5) is 9.58. The molecule has 0 aliphatic carbocycles. The first-order valence-electron chi connectivity index (χ1n) is 3.50. The summed E-state index contributed by atoms with van der Waals surface area (Å²) in [5, 5.41) is 9.89. The number of benzene rings is 1. The molecule has 0 aromatic heterocycles.